The maximum absolute atomic E-state index is 6.47. The third-order valence-corrected chi connectivity index (χ3v) is 5.69. The van der Waals surface area contributed by atoms with Gasteiger partial charge in [-0.15, -0.1) is 0 Å². The van der Waals surface area contributed by atoms with Crippen molar-refractivity contribution in [3.05, 3.63) is 23.0 Å². The lowest BCUT2D eigenvalue weighted by Gasteiger charge is -2.36. The zero-order chi connectivity index (χ0) is 14.1. The largest absolute Gasteiger partial charge is 0.345 e. The minimum absolute atomic E-state index is 0.243. The monoisotopic (exact) mass is 272 g/mol. The number of nitrogens with zero attached hydrogens (tertiary/aromatic N) is 1. The van der Waals surface area contributed by atoms with Crippen molar-refractivity contribution in [2.75, 3.05) is 0 Å². The Kier molecular flexibility index (Phi) is 2.67. The third kappa shape index (κ3) is 2.04. The molecule has 0 aliphatic heterocycles. The maximum Gasteiger partial charge on any atom is 0.0392 e. The van der Waals surface area contributed by atoms with E-state index in [0.717, 1.165) is 24.3 Å². The molecule has 1 aromatic heterocycles. The van der Waals surface area contributed by atoms with Gasteiger partial charge in [-0.05, 0) is 74.3 Å². The van der Waals surface area contributed by atoms with Crippen molar-refractivity contribution in [1.29, 1.82) is 0 Å². The number of aryl methyl sites for hydroxylation is 1. The molecule has 0 bridgehead atoms. The van der Waals surface area contributed by atoms with E-state index in [4.69, 9.17) is 5.73 Å². The molecule has 1 atom stereocenters. The summed E-state index contributed by atoms with van der Waals surface area (Å²) in [7, 11) is 0. The maximum atomic E-state index is 6.47. The molecule has 0 amide bonds. The predicted molar refractivity (Wildman–Crippen MR) is 82.7 cm³/mol. The van der Waals surface area contributed by atoms with Crippen molar-refractivity contribution in [2.45, 2.75) is 71.4 Å². The number of hydrogen-bond donors (Lipinski definition) is 1. The zero-order valence-corrected chi connectivity index (χ0v) is 13.2. The molecule has 1 heterocycles. The average Bonchev–Trinajstić information content (AvgIpc) is 3.22. The van der Waals surface area contributed by atoms with Gasteiger partial charge in [-0.2, -0.15) is 0 Å². The van der Waals surface area contributed by atoms with Crippen LogP contribution in [0.1, 0.15) is 75.0 Å². The van der Waals surface area contributed by atoms with Gasteiger partial charge in [0.1, 0.15) is 0 Å². The average molecular weight is 272 g/mol. The standard InChI is InChI=1S/C18H28N2/c1-11-8-14-15(19)9-18(2,3)10-16(14)20(11)17(12-4-5-12)13-6-7-13/h8,12-13,15,17H,4-7,9-10,19H2,1-3H3. The van der Waals surface area contributed by atoms with Crippen LogP contribution in [0.15, 0.2) is 6.07 Å². The lowest BCUT2D eigenvalue weighted by molar-refractivity contribution is 0.264. The van der Waals surface area contributed by atoms with Crippen molar-refractivity contribution in [2.24, 2.45) is 23.0 Å². The van der Waals surface area contributed by atoms with Gasteiger partial charge in [0.25, 0.3) is 0 Å². The molecule has 3 aliphatic carbocycles. The molecular formula is C18H28N2. The summed E-state index contributed by atoms with van der Waals surface area (Å²) in [5, 5.41) is 0. The summed E-state index contributed by atoms with van der Waals surface area (Å²) in [6.45, 7) is 7.06. The van der Waals surface area contributed by atoms with Crippen molar-refractivity contribution >= 4 is 0 Å². The first-order chi connectivity index (χ1) is 9.46. The summed E-state index contributed by atoms with van der Waals surface area (Å²) in [4.78, 5) is 0. The van der Waals surface area contributed by atoms with E-state index < -0.39 is 0 Å². The van der Waals surface area contributed by atoms with Gasteiger partial charge in [-0.3, -0.25) is 0 Å². The number of hydrogen-bond acceptors (Lipinski definition) is 1. The number of rotatable bonds is 3. The predicted octanol–water partition coefficient (Wildman–Crippen LogP) is 4.13. The van der Waals surface area contributed by atoms with Crippen molar-refractivity contribution in [3.8, 4) is 0 Å². The van der Waals surface area contributed by atoms with E-state index in [1.54, 1.807) is 5.69 Å². The molecule has 110 valence electrons. The molecule has 2 nitrogen and oxygen atoms in total. The molecule has 20 heavy (non-hydrogen) atoms. The van der Waals surface area contributed by atoms with Gasteiger partial charge >= 0.3 is 0 Å². The van der Waals surface area contributed by atoms with Crippen molar-refractivity contribution < 1.29 is 0 Å². The fourth-order valence-electron chi connectivity index (χ4n) is 4.57. The van der Waals surface area contributed by atoms with E-state index in [9.17, 15) is 0 Å². The lowest BCUT2D eigenvalue weighted by Crippen LogP contribution is -2.31. The van der Waals surface area contributed by atoms with Crippen molar-refractivity contribution in [1.82, 2.24) is 4.57 Å². The Bertz CT molecular complexity index is 520. The summed E-state index contributed by atoms with van der Waals surface area (Å²) in [5.74, 6) is 1.91. The van der Waals surface area contributed by atoms with Gasteiger partial charge in [0.15, 0.2) is 0 Å². The molecule has 3 aliphatic rings. The van der Waals surface area contributed by atoms with Gasteiger partial charge in [0, 0.05) is 23.5 Å². The Hall–Kier alpha value is -0.760. The Balaban J connectivity index is 1.80. The highest BCUT2D eigenvalue weighted by atomic mass is 15.1. The van der Waals surface area contributed by atoms with Crippen LogP contribution in [0, 0.1) is 24.2 Å². The molecule has 2 saturated carbocycles. The Morgan fingerprint density at radius 2 is 1.80 bits per heavy atom. The molecular weight excluding hydrogens is 244 g/mol. The molecule has 0 spiro atoms. The number of fused-ring (bicyclic) bond motifs is 1. The minimum Gasteiger partial charge on any atom is -0.345 e. The van der Waals surface area contributed by atoms with Gasteiger partial charge in [0.2, 0.25) is 0 Å². The first-order valence-electron chi connectivity index (χ1n) is 8.42. The van der Waals surface area contributed by atoms with E-state index in [0.29, 0.717) is 5.41 Å². The summed E-state index contributed by atoms with van der Waals surface area (Å²) in [6, 6.07) is 3.43. The van der Waals surface area contributed by atoms with Gasteiger partial charge in [-0.25, -0.2) is 0 Å². The number of aromatic nitrogens is 1. The summed E-state index contributed by atoms with van der Waals surface area (Å²) >= 11 is 0. The molecule has 0 radical (unpaired) electrons. The first kappa shape index (κ1) is 12.9. The highest BCUT2D eigenvalue weighted by Crippen LogP contribution is 2.54. The molecule has 1 aromatic rings. The highest BCUT2D eigenvalue weighted by molar-refractivity contribution is 5.35. The molecule has 0 aromatic carbocycles. The number of nitrogens with two attached hydrogens (primary N) is 1. The van der Waals surface area contributed by atoms with Crippen LogP contribution in [-0.4, -0.2) is 4.57 Å². The lowest BCUT2D eigenvalue weighted by atomic mass is 9.74. The van der Waals surface area contributed by atoms with Gasteiger partial charge in [0.05, 0.1) is 0 Å². The zero-order valence-electron chi connectivity index (χ0n) is 13.2. The Morgan fingerprint density at radius 1 is 1.20 bits per heavy atom. The van der Waals surface area contributed by atoms with E-state index in [-0.39, 0.29) is 6.04 Å². The second-order valence-electron chi connectivity index (χ2n) is 8.37. The summed E-state index contributed by atoms with van der Waals surface area (Å²) in [5.41, 5.74) is 11.3. The van der Waals surface area contributed by atoms with Crippen LogP contribution in [-0.2, 0) is 6.42 Å². The van der Waals surface area contributed by atoms with Crippen molar-refractivity contribution in [3.63, 3.8) is 0 Å². The SMILES string of the molecule is Cc1cc2c(n1C(C1CC1)C1CC1)CC(C)(C)CC2N. The van der Waals surface area contributed by atoms with Crippen LogP contribution in [0.3, 0.4) is 0 Å². The molecule has 2 heteroatoms. The first-order valence-corrected chi connectivity index (χ1v) is 8.42. The van der Waals surface area contributed by atoms with Crippen LogP contribution in [0.4, 0.5) is 0 Å². The molecule has 2 fully saturated rings. The second kappa shape index (κ2) is 4.13. The molecule has 4 rings (SSSR count). The van der Waals surface area contributed by atoms with Gasteiger partial charge in [-0.1, -0.05) is 13.8 Å². The normalized spacial score (nSPS) is 28.8. The van der Waals surface area contributed by atoms with E-state index in [1.165, 1.54) is 43.4 Å². The fraction of sp³-hybridized carbons (Fsp3) is 0.778. The van der Waals surface area contributed by atoms with Crippen LogP contribution in [0.5, 0.6) is 0 Å². The summed E-state index contributed by atoms with van der Waals surface area (Å²) < 4.78 is 2.73. The van der Waals surface area contributed by atoms with E-state index in [1.807, 2.05) is 0 Å². The van der Waals surface area contributed by atoms with E-state index in [2.05, 4.69) is 31.4 Å². The fourth-order valence-corrected chi connectivity index (χ4v) is 4.57. The van der Waals surface area contributed by atoms with Crippen LogP contribution in [0.2, 0.25) is 0 Å². The molecule has 1 unspecified atom stereocenters. The van der Waals surface area contributed by atoms with Crippen LogP contribution >= 0.6 is 0 Å². The van der Waals surface area contributed by atoms with E-state index >= 15 is 0 Å². The van der Waals surface area contributed by atoms with Crippen LogP contribution < -0.4 is 5.73 Å². The smallest absolute Gasteiger partial charge is 0.0392 e. The summed E-state index contributed by atoms with van der Waals surface area (Å²) in [6.07, 6.45) is 8.12. The minimum atomic E-state index is 0.243. The quantitative estimate of drug-likeness (QED) is 0.881. The third-order valence-electron chi connectivity index (χ3n) is 5.69. The Labute approximate surface area is 122 Å². The highest BCUT2D eigenvalue weighted by Gasteiger charge is 2.45. The molecule has 0 saturated heterocycles. The second-order valence-corrected chi connectivity index (χ2v) is 8.37. The van der Waals surface area contributed by atoms with Crippen LogP contribution in [0.25, 0.3) is 0 Å². The topological polar surface area (TPSA) is 30.9 Å². The van der Waals surface area contributed by atoms with Gasteiger partial charge < -0.3 is 10.3 Å². The molecule has 2 N–H and O–H groups in total. The Morgan fingerprint density at radius 3 is 2.35 bits per heavy atom.